The first kappa shape index (κ1) is 12.3. The first-order chi connectivity index (χ1) is 8.81. The topological polar surface area (TPSA) is 66.0 Å². The van der Waals surface area contributed by atoms with Crippen LogP contribution in [0.4, 0.5) is 0 Å². The summed E-state index contributed by atoms with van der Waals surface area (Å²) in [6.45, 7) is 0.688. The molecular weight excluding hydrogens is 238 g/mol. The van der Waals surface area contributed by atoms with Crippen LogP contribution in [-0.4, -0.2) is 34.0 Å². The molecule has 0 aromatic heterocycles. The van der Waals surface area contributed by atoms with Gasteiger partial charge in [0.05, 0.1) is 14.2 Å². The molecule has 1 aromatic rings. The lowest BCUT2D eigenvalue weighted by molar-refractivity contribution is -0.109. The molecule has 6 heteroatoms. The van der Waals surface area contributed by atoms with Gasteiger partial charge in [0.2, 0.25) is 24.7 Å². The van der Waals surface area contributed by atoms with Crippen LogP contribution in [0, 0.1) is 0 Å². The molecule has 0 atom stereocenters. The van der Waals surface area contributed by atoms with Crippen LogP contribution in [0.5, 0.6) is 23.0 Å². The van der Waals surface area contributed by atoms with Crippen molar-refractivity contribution >= 4 is 6.41 Å². The van der Waals surface area contributed by atoms with Crippen LogP contribution >= 0.6 is 0 Å². The van der Waals surface area contributed by atoms with E-state index in [4.69, 9.17) is 18.9 Å². The Bertz CT molecular complexity index is 447. The second-order valence-electron chi connectivity index (χ2n) is 3.66. The van der Waals surface area contributed by atoms with Crippen LogP contribution in [0.1, 0.15) is 5.56 Å². The van der Waals surface area contributed by atoms with Crippen molar-refractivity contribution < 1.29 is 23.7 Å². The van der Waals surface area contributed by atoms with Crippen molar-refractivity contribution in [2.75, 3.05) is 27.6 Å². The van der Waals surface area contributed by atoms with Gasteiger partial charge >= 0.3 is 0 Å². The molecule has 0 bridgehead atoms. The first-order valence-electron chi connectivity index (χ1n) is 5.52. The second-order valence-corrected chi connectivity index (χ2v) is 3.66. The van der Waals surface area contributed by atoms with Crippen molar-refractivity contribution in [2.24, 2.45) is 0 Å². The first-order valence-corrected chi connectivity index (χ1v) is 5.52. The molecule has 0 unspecified atom stereocenters. The molecule has 1 aromatic carbocycles. The third-order valence-corrected chi connectivity index (χ3v) is 2.68. The van der Waals surface area contributed by atoms with Crippen LogP contribution in [0.3, 0.4) is 0 Å². The summed E-state index contributed by atoms with van der Waals surface area (Å²) in [6.07, 6.45) is 1.28. The number of rotatable bonds is 6. The van der Waals surface area contributed by atoms with Crippen LogP contribution < -0.4 is 24.3 Å². The third kappa shape index (κ3) is 2.13. The molecule has 1 heterocycles. The molecule has 98 valence electrons. The lowest BCUT2D eigenvalue weighted by Crippen LogP contribution is -2.14. The van der Waals surface area contributed by atoms with Gasteiger partial charge in [-0.2, -0.15) is 0 Å². The highest BCUT2D eigenvalue weighted by Crippen LogP contribution is 2.48. The number of fused-ring (bicyclic) bond motifs is 1. The number of hydrogen-bond acceptors (Lipinski definition) is 5. The summed E-state index contributed by atoms with van der Waals surface area (Å²) in [5.74, 6) is 2.32. The molecule has 2 rings (SSSR count). The van der Waals surface area contributed by atoms with E-state index >= 15 is 0 Å². The Balaban J connectivity index is 2.35. The Kier molecular flexibility index (Phi) is 3.76. The normalized spacial score (nSPS) is 12.1. The molecule has 1 N–H and O–H groups in total. The predicted molar refractivity (Wildman–Crippen MR) is 63.4 cm³/mol. The number of carbonyl (C=O) groups is 1. The summed E-state index contributed by atoms with van der Waals surface area (Å²) in [7, 11) is 3.12. The Morgan fingerprint density at radius 2 is 2.11 bits per heavy atom. The summed E-state index contributed by atoms with van der Waals surface area (Å²) in [5, 5.41) is 2.60. The number of benzene rings is 1. The maximum atomic E-state index is 10.2. The van der Waals surface area contributed by atoms with Gasteiger partial charge in [0, 0.05) is 12.1 Å². The molecule has 1 aliphatic heterocycles. The van der Waals surface area contributed by atoms with E-state index in [9.17, 15) is 4.79 Å². The number of ether oxygens (including phenoxy) is 4. The average Bonchev–Trinajstić information content (AvgIpc) is 2.85. The average molecular weight is 253 g/mol. The second kappa shape index (κ2) is 5.48. The van der Waals surface area contributed by atoms with Crippen molar-refractivity contribution in [2.45, 2.75) is 6.42 Å². The predicted octanol–water partition coefficient (Wildman–Crippen LogP) is 0.721. The lowest BCUT2D eigenvalue weighted by atomic mass is 10.1. The van der Waals surface area contributed by atoms with E-state index in [2.05, 4.69) is 5.32 Å². The minimum Gasteiger partial charge on any atom is -0.492 e. The quantitative estimate of drug-likeness (QED) is 0.597. The van der Waals surface area contributed by atoms with E-state index in [0.29, 0.717) is 42.4 Å². The van der Waals surface area contributed by atoms with Crippen LogP contribution in [0.15, 0.2) is 6.07 Å². The molecule has 0 saturated carbocycles. The number of nitrogens with one attached hydrogen (secondary N) is 1. The Hall–Kier alpha value is -2.11. The van der Waals surface area contributed by atoms with E-state index in [1.54, 1.807) is 14.2 Å². The molecular formula is C12H15NO5. The van der Waals surface area contributed by atoms with E-state index in [1.807, 2.05) is 6.07 Å². The maximum Gasteiger partial charge on any atom is 0.231 e. The SMILES string of the molecule is COc1c(CCNC=O)cc2c(c1OC)OCO2. The van der Waals surface area contributed by atoms with Crippen LogP contribution in [-0.2, 0) is 11.2 Å². The molecule has 0 fully saturated rings. The molecule has 1 amide bonds. The highest BCUT2D eigenvalue weighted by Gasteiger charge is 2.25. The van der Waals surface area contributed by atoms with Crippen molar-refractivity contribution in [3.63, 3.8) is 0 Å². The minimum absolute atomic E-state index is 0.172. The van der Waals surface area contributed by atoms with E-state index in [1.165, 1.54) is 0 Å². The molecule has 0 radical (unpaired) electrons. The van der Waals surface area contributed by atoms with Crippen molar-refractivity contribution in [1.29, 1.82) is 0 Å². The molecule has 18 heavy (non-hydrogen) atoms. The number of hydrogen-bond donors (Lipinski definition) is 1. The monoisotopic (exact) mass is 253 g/mol. The number of amides is 1. The largest absolute Gasteiger partial charge is 0.492 e. The lowest BCUT2D eigenvalue weighted by Gasteiger charge is -2.14. The summed E-state index contributed by atoms with van der Waals surface area (Å²) < 4.78 is 21.3. The van der Waals surface area contributed by atoms with Gasteiger partial charge in [-0.05, 0) is 12.5 Å². The summed E-state index contributed by atoms with van der Waals surface area (Å²) in [6, 6.07) is 1.84. The van der Waals surface area contributed by atoms with Crippen LogP contribution in [0.2, 0.25) is 0 Å². The molecule has 0 spiro atoms. The fourth-order valence-corrected chi connectivity index (χ4v) is 1.91. The van der Waals surface area contributed by atoms with Gasteiger partial charge in [0.15, 0.2) is 11.5 Å². The number of methoxy groups -OCH3 is 2. The standard InChI is InChI=1S/C12H15NO5/c1-15-10-8(3-4-13-6-14)5-9-11(12(10)16-2)18-7-17-9/h5-6H,3-4,7H2,1-2H3,(H,13,14). The zero-order valence-electron chi connectivity index (χ0n) is 10.3. The molecule has 0 saturated heterocycles. The van der Waals surface area contributed by atoms with Gasteiger partial charge in [0.1, 0.15) is 0 Å². The third-order valence-electron chi connectivity index (χ3n) is 2.68. The van der Waals surface area contributed by atoms with E-state index in [-0.39, 0.29) is 6.79 Å². The van der Waals surface area contributed by atoms with Gasteiger partial charge in [0.25, 0.3) is 0 Å². The smallest absolute Gasteiger partial charge is 0.231 e. The van der Waals surface area contributed by atoms with Crippen molar-refractivity contribution in [3.8, 4) is 23.0 Å². The van der Waals surface area contributed by atoms with Crippen LogP contribution in [0.25, 0.3) is 0 Å². The maximum absolute atomic E-state index is 10.2. The zero-order valence-corrected chi connectivity index (χ0v) is 10.3. The summed E-state index contributed by atoms with van der Waals surface area (Å²) in [4.78, 5) is 10.2. The van der Waals surface area contributed by atoms with Gasteiger partial charge in [-0.3, -0.25) is 4.79 Å². The number of carbonyl (C=O) groups excluding carboxylic acids is 1. The Morgan fingerprint density at radius 3 is 2.78 bits per heavy atom. The fourth-order valence-electron chi connectivity index (χ4n) is 1.91. The summed E-state index contributed by atoms with van der Waals surface area (Å²) in [5.41, 5.74) is 0.896. The van der Waals surface area contributed by atoms with Gasteiger partial charge < -0.3 is 24.3 Å². The van der Waals surface area contributed by atoms with Gasteiger partial charge in [-0.1, -0.05) is 0 Å². The Labute approximate surface area is 105 Å². The molecule has 6 nitrogen and oxygen atoms in total. The van der Waals surface area contributed by atoms with Crippen molar-refractivity contribution in [3.05, 3.63) is 11.6 Å². The zero-order chi connectivity index (χ0) is 13.0. The summed E-state index contributed by atoms with van der Waals surface area (Å²) >= 11 is 0. The van der Waals surface area contributed by atoms with E-state index in [0.717, 1.165) is 5.56 Å². The van der Waals surface area contributed by atoms with Gasteiger partial charge in [-0.15, -0.1) is 0 Å². The van der Waals surface area contributed by atoms with E-state index < -0.39 is 0 Å². The highest BCUT2D eigenvalue weighted by atomic mass is 16.7. The Morgan fingerprint density at radius 1 is 1.33 bits per heavy atom. The van der Waals surface area contributed by atoms with Crippen molar-refractivity contribution in [1.82, 2.24) is 5.32 Å². The highest BCUT2D eigenvalue weighted by molar-refractivity contribution is 5.63. The van der Waals surface area contributed by atoms with Gasteiger partial charge in [-0.25, -0.2) is 0 Å². The molecule has 1 aliphatic rings. The molecule has 0 aliphatic carbocycles. The fraction of sp³-hybridized carbons (Fsp3) is 0.417. The minimum atomic E-state index is 0.172.